The fraction of sp³-hybridized carbons (Fsp3) is 0.440. The van der Waals surface area contributed by atoms with Gasteiger partial charge in [-0.1, -0.05) is 31.4 Å². The third-order valence-electron chi connectivity index (χ3n) is 6.98. The van der Waals surface area contributed by atoms with Crippen LogP contribution >= 0.6 is 0 Å². The molecule has 2 heterocycles. The van der Waals surface area contributed by atoms with Gasteiger partial charge in [0.25, 0.3) is 0 Å². The lowest BCUT2D eigenvalue weighted by molar-refractivity contribution is 0.141. The van der Waals surface area contributed by atoms with Gasteiger partial charge >= 0.3 is 0 Å². The molecule has 4 heteroatoms. The van der Waals surface area contributed by atoms with Crippen LogP contribution in [0.2, 0.25) is 0 Å². The first-order chi connectivity index (χ1) is 14.1. The quantitative estimate of drug-likeness (QED) is 0.550. The Hall–Kier alpha value is -2.20. The molecule has 0 saturated heterocycles. The molecule has 29 heavy (non-hydrogen) atoms. The summed E-state index contributed by atoms with van der Waals surface area (Å²) in [5, 5.41) is 1.32. The molecule has 2 nitrogen and oxygen atoms in total. The molecule has 1 fully saturated rings. The van der Waals surface area contributed by atoms with Crippen LogP contribution in [-0.4, -0.2) is 22.1 Å². The van der Waals surface area contributed by atoms with Crippen molar-refractivity contribution < 1.29 is 8.78 Å². The number of aryl methyl sites for hydroxylation is 1. The fourth-order valence-corrected chi connectivity index (χ4v) is 5.40. The van der Waals surface area contributed by atoms with E-state index in [9.17, 15) is 8.78 Å². The Bertz CT molecular complexity index is 1050. The second-order valence-corrected chi connectivity index (χ2v) is 8.77. The number of nitrogens with zero attached hydrogens (tertiary/aromatic N) is 2. The standard InChI is InChI=1S/C25H28F2N2/c1-28-24-10-8-17(13-18-7-9-22(26)23(27)15-18)14-20(24)21-16-29(12-11-25(21)28)19-5-3-2-4-6-19/h7-10,14-15,19H,2-6,11-13,16H2,1H3. The summed E-state index contributed by atoms with van der Waals surface area (Å²) >= 11 is 0. The second-order valence-electron chi connectivity index (χ2n) is 8.77. The molecule has 1 aromatic heterocycles. The zero-order valence-corrected chi connectivity index (χ0v) is 17.1. The summed E-state index contributed by atoms with van der Waals surface area (Å²) in [4.78, 5) is 2.70. The molecule has 2 aliphatic rings. The van der Waals surface area contributed by atoms with E-state index in [-0.39, 0.29) is 0 Å². The van der Waals surface area contributed by atoms with Gasteiger partial charge in [-0.25, -0.2) is 8.78 Å². The third kappa shape index (κ3) is 3.48. The Morgan fingerprint density at radius 3 is 2.48 bits per heavy atom. The lowest BCUT2D eigenvalue weighted by Gasteiger charge is -2.37. The average Bonchev–Trinajstić information content (AvgIpc) is 3.03. The fourth-order valence-electron chi connectivity index (χ4n) is 5.40. The van der Waals surface area contributed by atoms with Crippen molar-refractivity contribution in [2.45, 2.75) is 57.5 Å². The summed E-state index contributed by atoms with van der Waals surface area (Å²) in [6.07, 6.45) is 8.50. The first-order valence-corrected chi connectivity index (χ1v) is 10.9. The molecule has 1 aliphatic carbocycles. The van der Waals surface area contributed by atoms with Gasteiger partial charge in [-0.05, 0) is 60.2 Å². The predicted octanol–water partition coefficient (Wildman–Crippen LogP) is 5.74. The highest BCUT2D eigenvalue weighted by atomic mass is 19.2. The Morgan fingerprint density at radius 1 is 0.931 bits per heavy atom. The van der Waals surface area contributed by atoms with Crippen LogP contribution in [0.15, 0.2) is 36.4 Å². The topological polar surface area (TPSA) is 8.17 Å². The van der Waals surface area contributed by atoms with Gasteiger partial charge in [0.15, 0.2) is 11.6 Å². The van der Waals surface area contributed by atoms with E-state index in [0.29, 0.717) is 6.42 Å². The minimum absolute atomic E-state index is 0.614. The van der Waals surface area contributed by atoms with E-state index in [0.717, 1.165) is 36.7 Å². The molecule has 1 aliphatic heterocycles. The Balaban J connectivity index is 1.47. The monoisotopic (exact) mass is 394 g/mol. The molecule has 0 radical (unpaired) electrons. The number of halogens is 2. The number of hydrogen-bond acceptors (Lipinski definition) is 1. The predicted molar refractivity (Wildman–Crippen MR) is 113 cm³/mol. The first-order valence-electron chi connectivity index (χ1n) is 10.9. The maximum absolute atomic E-state index is 13.6. The summed E-state index contributed by atoms with van der Waals surface area (Å²) in [6.45, 7) is 2.19. The number of aromatic nitrogens is 1. The van der Waals surface area contributed by atoms with Gasteiger partial charge in [0.2, 0.25) is 0 Å². The van der Waals surface area contributed by atoms with Crippen molar-refractivity contribution in [3.63, 3.8) is 0 Å². The number of fused-ring (bicyclic) bond motifs is 3. The van der Waals surface area contributed by atoms with Crippen molar-refractivity contribution in [2.24, 2.45) is 7.05 Å². The Kier molecular flexibility index (Phi) is 4.91. The normalized spacial score (nSPS) is 18.3. The SMILES string of the molecule is Cn1c2c(c3cc(Cc4ccc(F)c(F)c4)ccc31)CN(C1CCCCC1)CC2. The van der Waals surface area contributed by atoms with Crippen molar-refractivity contribution in [1.82, 2.24) is 9.47 Å². The van der Waals surface area contributed by atoms with Crippen LogP contribution < -0.4 is 0 Å². The summed E-state index contributed by atoms with van der Waals surface area (Å²) in [5.74, 6) is -1.56. The summed E-state index contributed by atoms with van der Waals surface area (Å²) < 4.78 is 29.2. The minimum atomic E-state index is -0.788. The molecule has 2 aromatic carbocycles. The minimum Gasteiger partial charge on any atom is -0.347 e. The third-order valence-corrected chi connectivity index (χ3v) is 6.98. The van der Waals surface area contributed by atoms with Crippen molar-refractivity contribution in [1.29, 1.82) is 0 Å². The van der Waals surface area contributed by atoms with Crippen molar-refractivity contribution in [2.75, 3.05) is 6.54 Å². The maximum Gasteiger partial charge on any atom is 0.159 e. The van der Waals surface area contributed by atoms with Gasteiger partial charge in [-0.3, -0.25) is 4.90 Å². The van der Waals surface area contributed by atoms with Crippen molar-refractivity contribution in [3.8, 4) is 0 Å². The van der Waals surface area contributed by atoms with E-state index >= 15 is 0 Å². The highest BCUT2D eigenvalue weighted by Crippen LogP contribution is 2.34. The summed E-state index contributed by atoms with van der Waals surface area (Å²) in [7, 11) is 2.17. The van der Waals surface area contributed by atoms with Crippen LogP contribution in [-0.2, 0) is 26.4 Å². The number of rotatable bonds is 3. The molecule has 0 N–H and O–H groups in total. The molecule has 0 unspecified atom stereocenters. The van der Waals surface area contributed by atoms with E-state index in [1.807, 2.05) is 0 Å². The van der Waals surface area contributed by atoms with E-state index in [1.165, 1.54) is 66.4 Å². The maximum atomic E-state index is 13.6. The van der Waals surface area contributed by atoms with Gasteiger partial charge in [-0.2, -0.15) is 0 Å². The van der Waals surface area contributed by atoms with E-state index in [2.05, 4.69) is 34.7 Å². The van der Waals surface area contributed by atoms with Gasteiger partial charge in [0.1, 0.15) is 0 Å². The number of benzene rings is 2. The molecule has 5 rings (SSSR count). The first kappa shape index (κ1) is 18.8. The molecule has 0 amide bonds. The molecular formula is C25H28F2N2. The molecule has 0 atom stereocenters. The van der Waals surface area contributed by atoms with Gasteiger partial charge in [0.05, 0.1) is 0 Å². The van der Waals surface area contributed by atoms with Gasteiger partial charge < -0.3 is 4.57 Å². The zero-order chi connectivity index (χ0) is 20.0. The molecule has 3 aromatic rings. The van der Waals surface area contributed by atoms with E-state index < -0.39 is 11.6 Å². The smallest absolute Gasteiger partial charge is 0.159 e. The van der Waals surface area contributed by atoms with Crippen LogP contribution in [0, 0.1) is 11.6 Å². The summed E-state index contributed by atoms with van der Waals surface area (Å²) in [6, 6.07) is 11.5. The van der Waals surface area contributed by atoms with Gasteiger partial charge in [0, 0.05) is 49.2 Å². The van der Waals surface area contributed by atoms with Crippen molar-refractivity contribution >= 4 is 10.9 Å². The lowest BCUT2D eigenvalue weighted by Crippen LogP contribution is -2.40. The Labute approximate surface area is 171 Å². The second kappa shape index (κ2) is 7.56. The molecule has 1 saturated carbocycles. The van der Waals surface area contributed by atoms with Crippen LogP contribution in [0.4, 0.5) is 8.78 Å². The van der Waals surface area contributed by atoms with E-state index in [1.54, 1.807) is 6.07 Å². The summed E-state index contributed by atoms with van der Waals surface area (Å²) in [5.41, 5.74) is 6.14. The molecular weight excluding hydrogens is 366 g/mol. The van der Waals surface area contributed by atoms with Crippen LogP contribution in [0.25, 0.3) is 10.9 Å². The largest absolute Gasteiger partial charge is 0.347 e. The van der Waals surface area contributed by atoms with Gasteiger partial charge in [-0.15, -0.1) is 0 Å². The molecule has 152 valence electrons. The highest BCUT2D eigenvalue weighted by Gasteiger charge is 2.28. The number of hydrogen-bond donors (Lipinski definition) is 0. The van der Waals surface area contributed by atoms with Crippen LogP contribution in [0.3, 0.4) is 0 Å². The molecule has 0 spiro atoms. The average molecular weight is 395 g/mol. The highest BCUT2D eigenvalue weighted by molar-refractivity contribution is 5.86. The zero-order valence-electron chi connectivity index (χ0n) is 17.1. The molecule has 0 bridgehead atoms. The lowest BCUT2D eigenvalue weighted by atomic mass is 9.92. The van der Waals surface area contributed by atoms with Crippen molar-refractivity contribution in [3.05, 3.63) is 70.4 Å². The van der Waals surface area contributed by atoms with E-state index in [4.69, 9.17) is 0 Å². The Morgan fingerprint density at radius 2 is 1.69 bits per heavy atom. The van der Waals surface area contributed by atoms with Crippen LogP contribution in [0.1, 0.15) is 54.5 Å². The van der Waals surface area contributed by atoms with Crippen LogP contribution in [0.5, 0.6) is 0 Å².